The van der Waals surface area contributed by atoms with Gasteiger partial charge in [-0.05, 0) is 12.1 Å². The smallest absolute Gasteiger partial charge is 0.239 e. The lowest BCUT2D eigenvalue weighted by atomic mass is 9.92. The van der Waals surface area contributed by atoms with Crippen molar-refractivity contribution in [2.45, 2.75) is 26.2 Å². The molecule has 2 aromatic rings. The van der Waals surface area contributed by atoms with Gasteiger partial charge in [0, 0.05) is 37.7 Å². The number of nitrogens with zero attached hydrogens (tertiary/aromatic N) is 3. The number of piperazine rings is 1. The number of amides is 1. The number of para-hydroxylation sites is 1. The Kier molecular flexibility index (Phi) is 5.65. The second-order valence-electron chi connectivity index (χ2n) is 7.60. The highest BCUT2D eigenvalue weighted by molar-refractivity contribution is 6.32. The second-order valence-corrected chi connectivity index (χ2v) is 8.01. The van der Waals surface area contributed by atoms with Crippen LogP contribution in [0.3, 0.4) is 0 Å². The number of nitrogens with one attached hydrogen (secondary N) is 2. The van der Waals surface area contributed by atoms with Crippen LogP contribution in [0, 0.1) is 0 Å². The molecule has 1 aromatic carbocycles. The Labute approximate surface area is 159 Å². The summed E-state index contributed by atoms with van der Waals surface area (Å²) in [5.74, 6) is 0.601. The molecule has 7 heteroatoms. The van der Waals surface area contributed by atoms with Crippen molar-refractivity contribution < 1.29 is 4.79 Å². The Balaban J connectivity index is 1.86. The first-order valence-electron chi connectivity index (χ1n) is 8.93. The van der Waals surface area contributed by atoms with Gasteiger partial charge in [0.1, 0.15) is 5.82 Å². The topological polar surface area (TPSA) is 62.2 Å². The van der Waals surface area contributed by atoms with E-state index in [2.05, 4.69) is 36.3 Å². The zero-order chi connectivity index (χ0) is 18.7. The summed E-state index contributed by atoms with van der Waals surface area (Å²) in [4.78, 5) is 14.7. The molecule has 1 saturated heterocycles. The van der Waals surface area contributed by atoms with Crippen molar-refractivity contribution in [1.82, 2.24) is 20.0 Å². The lowest BCUT2D eigenvalue weighted by Crippen LogP contribution is -2.46. The molecular weight excluding hydrogens is 350 g/mol. The maximum Gasteiger partial charge on any atom is 0.239 e. The lowest BCUT2D eigenvalue weighted by molar-refractivity contribution is -0.117. The molecule has 1 aliphatic heterocycles. The average Bonchev–Trinajstić information content (AvgIpc) is 3.00. The first-order valence-corrected chi connectivity index (χ1v) is 9.31. The van der Waals surface area contributed by atoms with Gasteiger partial charge in [-0.15, -0.1) is 0 Å². The minimum absolute atomic E-state index is 0.0411. The maximum absolute atomic E-state index is 12.6. The van der Waals surface area contributed by atoms with Crippen LogP contribution in [-0.4, -0.2) is 53.3 Å². The Bertz CT molecular complexity index is 774. The third-order valence-electron chi connectivity index (χ3n) is 4.40. The van der Waals surface area contributed by atoms with Gasteiger partial charge in [-0.1, -0.05) is 44.5 Å². The van der Waals surface area contributed by atoms with Crippen LogP contribution in [0.15, 0.2) is 30.3 Å². The highest BCUT2D eigenvalue weighted by Gasteiger charge is 2.23. The van der Waals surface area contributed by atoms with Gasteiger partial charge in [0.05, 0.1) is 22.9 Å². The van der Waals surface area contributed by atoms with Crippen molar-refractivity contribution in [1.29, 1.82) is 0 Å². The zero-order valence-corrected chi connectivity index (χ0v) is 16.3. The van der Waals surface area contributed by atoms with Gasteiger partial charge in [-0.3, -0.25) is 9.69 Å². The van der Waals surface area contributed by atoms with E-state index in [1.54, 1.807) is 4.68 Å². The van der Waals surface area contributed by atoms with Crippen LogP contribution in [0.2, 0.25) is 5.02 Å². The Morgan fingerprint density at radius 1 is 1.27 bits per heavy atom. The molecule has 1 aromatic heterocycles. The number of anilines is 1. The number of hydrogen-bond donors (Lipinski definition) is 2. The molecule has 0 unspecified atom stereocenters. The second kappa shape index (κ2) is 7.78. The summed E-state index contributed by atoms with van der Waals surface area (Å²) >= 11 is 6.36. The molecule has 0 radical (unpaired) electrons. The number of carbonyl (C=O) groups excluding carboxylic acids is 1. The predicted molar refractivity (Wildman–Crippen MR) is 105 cm³/mol. The first kappa shape index (κ1) is 18.9. The molecule has 0 spiro atoms. The first-order chi connectivity index (χ1) is 12.3. The fraction of sp³-hybridized carbons (Fsp3) is 0.474. The molecule has 0 bridgehead atoms. The van der Waals surface area contributed by atoms with E-state index in [0.29, 0.717) is 17.4 Å². The quantitative estimate of drug-likeness (QED) is 0.862. The Morgan fingerprint density at radius 3 is 2.62 bits per heavy atom. The monoisotopic (exact) mass is 375 g/mol. The minimum atomic E-state index is -0.134. The van der Waals surface area contributed by atoms with Gasteiger partial charge in [0.15, 0.2) is 0 Å². The van der Waals surface area contributed by atoms with Crippen LogP contribution < -0.4 is 10.6 Å². The van der Waals surface area contributed by atoms with Crippen LogP contribution in [0.5, 0.6) is 0 Å². The third-order valence-corrected chi connectivity index (χ3v) is 4.72. The molecule has 140 valence electrons. The molecule has 6 nitrogen and oxygen atoms in total. The average molecular weight is 376 g/mol. The van der Waals surface area contributed by atoms with Crippen molar-refractivity contribution in [3.8, 4) is 5.69 Å². The fourth-order valence-corrected chi connectivity index (χ4v) is 3.11. The number of rotatable bonds is 4. The van der Waals surface area contributed by atoms with E-state index < -0.39 is 0 Å². The summed E-state index contributed by atoms with van der Waals surface area (Å²) in [5, 5.41) is 11.6. The van der Waals surface area contributed by atoms with E-state index in [0.717, 1.165) is 37.6 Å². The van der Waals surface area contributed by atoms with Crippen molar-refractivity contribution in [2.75, 3.05) is 38.0 Å². The van der Waals surface area contributed by atoms with Crippen molar-refractivity contribution in [3.05, 3.63) is 41.0 Å². The normalized spacial score (nSPS) is 15.8. The van der Waals surface area contributed by atoms with Gasteiger partial charge < -0.3 is 10.6 Å². The van der Waals surface area contributed by atoms with Gasteiger partial charge in [-0.2, -0.15) is 5.10 Å². The molecule has 1 amide bonds. The van der Waals surface area contributed by atoms with Crippen LogP contribution in [0.1, 0.15) is 26.5 Å². The highest BCUT2D eigenvalue weighted by atomic mass is 35.5. The summed E-state index contributed by atoms with van der Waals surface area (Å²) in [7, 11) is 0. The van der Waals surface area contributed by atoms with E-state index in [-0.39, 0.29) is 11.3 Å². The van der Waals surface area contributed by atoms with Gasteiger partial charge >= 0.3 is 0 Å². The van der Waals surface area contributed by atoms with Crippen LogP contribution >= 0.6 is 11.6 Å². The van der Waals surface area contributed by atoms with Crippen molar-refractivity contribution >= 4 is 23.3 Å². The minimum Gasteiger partial charge on any atom is -0.314 e. The van der Waals surface area contributed by atoms with E-state index in [1.165, 1.54) is 0 Å². The van der Waals surface area contributed by atoms with E-state index in [4.69, 9.17) is 16.7 Å². The summed E-state index contributed by atoms with van der Waals surface area (Å²) in [6.45, 7) is 10.3. The summed E-state index contributed by atoms with van der Waals surface area (Å²) in [5.41, 5.74) is 1.52. The largest absolute Gasteiger partial charge is 0.314 e. The molecule has 3 rings (SSSR count). The zero-order valence-electron chi connectivity index (χ0n) is 15.6. The van der Waals surface area contributed by atoms with Gasteiger partial charge in [-0.25, -0.2) is 4.68 Å². The third kappa shape index (κ3) is 4.44. The predicted octanol–water partition coefficient (Wildman–Crippen LogP) is 2.67. The molecule has 26 heavy (non-hydrogen) atoms. The Morgan fingerprint density at radius 2 is 1.96 bits per heavy atom. The van der Waals surface area contributed by atoms with Gasteiger partial charge in [0.2, 0.25) is 5.91 Å². The molecule has 2 heterocycles. The van der Waals surface area contributed by atoms with Crippen LogP contribution in [0.25, 0.3) is 5.69 Å². The molecule has 2 N–H and O–H groups in total. The van der Waals surface area contributed by atoms with E-state index >= 15 is 0 Å². The summed E-state index contributed by atoms with van der Waals surface area (Å²) in [6, 6.07) is 9.43. The van der Waals surface area contributed by atoms with Gasteiger partial charge in [0.25, 0.3) is 0 Å². The maximum atomic E-state index is 12.6. The Hall–Kier alpha value is -1.89. The standard InChI is InChI=1S/C19H26ClN5O/c1-19(2,3)16-12-17(22-18(26)13-24-10-8-21-9-11-24)25(23-16)15-7-5-4-6-14(15)20/h4-7,12,21H,8-11,13H2,1-3H3,(H,22,26). The van der Waals surface area contributed by atoms with Crippen molar-refractivity contribution in [2.24, 2.45) is 0 Å². The van der Waals surface area contributed by atoms with Crippen molar-refractivity contribution in [3.63, 3.8) is 0 Å². The summed E-state index contributed by atoms with van der Waals surface area (Å²) in [6.07, 6.45) is 0. The number of benzene rings is 1. The number of aromatic nitrogens is 2. The number of hydrogen-bond acceptors (Lipinski definition) is 4. The number of halogens is 1. The molecule has 0 aliphatic carbocycles. The fourth-order valence-electron chi connectivity index (χ4n) is 2.90. The molecule has 0 saturated carbocycles. The van der Waals surface area contributed by atoms with E-state index in [9.17, 15) is 4.79 Å². The number of carbonyl (C=O) groups is 1. The highest BCUT2D eigenvalue weighted by Crippen LogP contribution is 2.29. The van der Waals surface area contributed by atoms with E-state index in [1.807, 2.05) is 30.3 Å². The molecule has 1 fully saturated rings. The molecule has 0 atom stereocenters. The summed E-state index contributed by atoms with van der Waals surface area (Å²) < 4.78 is 1.72. The molecular formula is C19H26ClN5O. The molecule has 1 aliphatic rings. The van der Waals surface area contributed by atoms with Crippen LogP contribution in [0.4, 0.5) is 5.82 Å². The van der Waals surface area contributed by atoms with Crippen LogP contribution in [-0.2, 0) is 10.2 Å². The lowest BCUT2D eigenvalue weighted by Gasteiger charge is -2.26. The SMILES string of the molecule is CC(C)(C)c1cc(NC(=O)CN2CCNCC2)n(-c2ccccc2Cl)n1.